The van der Waals surface area contributed by atoms with Crippen LogP contribution in [0.3, 0.4) is 0 Å². The average Bonchev–Trinajstić information content (AvgIpc) is 2.90. The van der Waals surface area contributed by atoms with Gasteiger partial charge in [-0.1, -0.05) is 23.5 Å². The zero-order valence-corrected chi connectivity index (χ0v) is 12.8. The Kier molecular flexibility index (Phi) is 3.90. The smallest absolute Gasteiger partial charge is 0.208 e. The van der Waals surface area contributed by atoms with Gasteiger partial charge in [-0.05, 0) is 17.7 Å². The van der Waals surface area contributed by atoms with Crippen molar-refractivity contribution in [3.63, 3.8) is 0 Å². The Bertz CT molecular complexity index is 714. The maximum absolute atomic E-state index is 12.9. The molecule has 0 bridgehead atoms. The quantitative estimate of drug-likeness (QED) is 0.855. The number of hydrogen-bond acceptors (Lipinski definition) is 6. The number of aromatic nitrogens is 2. The van der Waals surface area contributed by atoms with Crippen LogP contribution in [0.25, 0.3) is 0 Å². The van der Waals surface area contributed by atoms with Crippen LogP contribution in [0.4, 0.5) is 9.52 Å². The first kappa shape index (κ1) is 14.4. The summed E-state index contributed by atoms with van der Waals surface area (Å²) in [6.07, 6.45) is 0.601. The molecule has 0 aliphatic carbocycles. The minimum Gasteiger partial charge on any atom is -0.345 e. The van der Waals surface area contributed by atoms with Crippen LogP contribution in [0.15, 0.2) is 24.3 Å². The van der Waals surface area contributed by atoms with E-state index in [1.807, 2.05) is 4.90 Å². The molecule has 21 heavy (non-hydrogen) atoms. The van der Waals surface area contributed by atoms with Crippen molar-refractivity contribution in [3.05, 3.63) is 40.7 Å². The maximum Gasteiger partial charge on any atom is 0.208 e. The number of hydrogen-bond donors (Lipinski definition) is 0. The van der Waals surface area contributed by atoms with Crippen LogP contribution in [-0.4, -0.2) is 43.2 Å². The molecule has 0 radical (unpaired) electrons. The number of rotatable bonds is 3. The van der Waals surface area contributed by atoms with E-state index in [-0.39, 0.29) is 17.3 Å². The molecule has 0 atom stereocenters. The van der Waals surface area contributed by atoms with Crippen LogP contribution in [0.1, 0.15) is 10.6 Å². The highest BCUT2D eigenvalue weighted by molar-refractivity contribution is 7.91. The lowest BCUT2D eigenvalue weighted by Gasteiger charge is -2.25. The Hall–Kier alpha value is -1.54. The van der Waals surface area contributed by atoms with Crippen molar-refractivity contribution in [1.29, 1.82) is 0 Å². The van der Waals surface area contributed by atoms with Gasteiger partial charge in [0, 0.05) is 19.5 Å². The topological polar surface area (TPSA) is 63.2 Å². The predicted octanol–water partition coefficient (Wildman–Crippen LogP) is 1.50. The molecule has 2 aromatic rings. The van der Waals surface area contributed by atoms with E-state index in [0.717, 1.165) is 15.7 Å². The van der Waals surface area contributed by atoms with Crippen LogP contribution >= 0.6 is 11.3 Å². The van der Waals surface area contributed by atoms with Gasteiger partial charge >= 0.3 is 0 Å². The zero-order chi connectivity index (χ0) is 14.9. The summed E-state index contributed by atoms with van der Waals surface area (Å²) < 4.78 is 35.7. The summed E-state index contributed by atoms with van der Waals surface area (Å²) in [5.41, 5.74) is 0.973. The molecule has 3 rings (SSSR count). The van der Waals surface area contributed by atoms with Gasteiger partial charge in [-0.2, -0.15) is 0 Å². The molecular weight excluding hydrogens is 313 g/mol. The fourth-order valence-corrected chi connectivity index (χ4v) is 4.25. The number of nitrogens with zero attached hydrogens (tertiary/aromatic N) is 3. The van der Waals surface area contributed by atoms with Gasteiger partial charge in [0.05, 0.1) is 11.5 Å². The molecule has 5 nitrogen and oxygen atoms in total. The van der Waals surface area contributed by atoms with Gasteiger partial charge in [0.1, 0.15) is 10.8 Å². The average molecular weight is 327 g/mol. The third kappa shape index (κ3) is 3.56. The summed E-state index contributed by atoms with van der Waals surface area (Å²) >= 11 is 1.45. The van der Waals surface area contributed by atoms with Crippen molar-refractivity contribution in [2.24, 2.45) is 0 Å². The molecule has 1 fully saturated rings. The Balaban J connectivity index is 1.68. The van der Waals surface area contributed by atoms with E-state index in [1.54, 1.807) is 12.1 Å². The lowest BCUT2D eigenvalue weighted by molar-refractivity contribution is 0.586. The Labute approximate surface area is 126 Å². The number of halogens is 1. The van der Waals surface area contributed by atoms with Gasteiger partial charge in [0.15, 0.2) is 9.84 Å². The van der Waals surface area contributed by atoms with Crippen molar-refractivity contribution in [3.8, 4) is 0 Å². The lowest BCUT2D eigenvalue weighted by atomic mass is 10.2. The third-order valence-corrected chi connectivity index (χ3v) is 5.93. The first-order valence-corrected chi connectivity index (χ1v) is 9.18. The zero-order valence-electron chi connectivity index (χ0n) is 11.2. The summed E-state index contributed by atoms with van der Waals surface area (Å²) in [6, 6.07) is 6.30. The second kappa shape index (κ2) is 5.69. The van der Waals surface area contributed by atoms with Crippen LogP contribution in [0.2, 0.25) is 0 Å². The van der Waals surface area contributed by atoms with E-state index in [4.69, 9.17) is 0 Å². The Morgan fingerprint density at radius 3 is 2.48 bits per heavy atom. The van der Waals surface area contributed by atoms with E-state index in [1.165, 1.54) is 23.5 Å². The molecule has 2 heterocycles. The molecule has 0 unspecified atom stereocenters. The fourth-order valence-electron chi connectivity index (χ4n) is 2.12. The van der Waals surface area contributed by atoms with Gasteiger partial charge in [-0.3, -0.25) is 0 Å². The second-order valence-corrected chi connectivity index (χ2v) is 8.26. The molecular formula is C13H14FN3O2S2. The highest BCUT2D eigenvalue weighted by Crippen LogP contribution is 2.23. The minimum atomic E-state index is -2.89. The van der Waals surface area contributed by atoms with E-state index < -0.39 is 9.84 Å². The van der Waals surface area contributed by atoms with E-state index in [2.05, 4.69) is 10.2 Å². The lowest BCUT2D eigenvalue weighted by Crippen LogP contribution is -2.40. The highest BCUT2D eigenvalue weighted by Gasteiger charge is 2.23. The van der Waals surface area contributed by atoms with Crippen molar-refractivity contribution < 1.29 is 12.8 Å². The van der Waals surface area contributed by atoms with Crippen LogP contribution in [0, 0.1) is 5.82 Å². The van der Waals surface area contributed by atoms with E-state index in [0.29, 0.717) is 19.5 Å². The highest BCUT2D eigenvalue weighted by atomic mass is 32.2. The summed E-state index contributed by atoms with van der Waals surface area (Å²) in [4.78, 5) is 1.95. The molecule has 0 spiro atoms. The first-order chi connectivity index (χ1) is 10.0. The van der Waals surface area contributed by atoms with Crippen LogP contribution < -0.4 is 4.90 Å². The molecule has 112 valence electrons. The molecule has 1 saturated heterocycles. The Morgan fingerprint density at radius 1 is 1.14 bits per heavy atom. The summed E-state index contributed by atoms with van der Waals surface area (Å²) in [6.45, 7) is 0.932. The van der Waals surface area contributed by atoms with Crippen molar-refractivity contribution in [1.82, 2.24) is 10.2 Å². The Morgan fingerprint density at radius 2 is 1.81 bits per heavy atom. The van der Waals surface area contributed by atoms with Crippen LogP contribution in [-0.2, 0) is 16.3 Å². The summed E-state index contributed by atoms with van der Waals surface area (Å²) in [7, 11) is -2.89. The fraction of sp³-hybridized carbons (Fsp3) is 0.385. The van der Waals surface area contributed by atoms with Gasteiger partial charge in [-0.15, -0.1) is 10.2 Å². The van der Waals surface area contributed by atoms with E-state index >= 15 is 0 Å². The van der Waals surface area contributed by atoms with Gasteiger partial charge in [0.25, 0.3) is 0 Å². The van der Waals surface area contributed by atoms with Crippen molar-refractivity contribution in [2.45, 2.75) is 6.42 Å². The largest absolute Gasteiger partial charge is 0.345 e. The van der Waals surface area contributed by atoms with E-state index in [9.17, 15) is 12.8 Å². The molecule has 1 aromatic carbocycles. The number of benzene rings is 1. The summed E-state index contributed by atoms with van der Waals surface area (Å²) in [5.74, 6) is 0.0750. The molecule has 0 amide bonds. The second-order valence-electron chi connectivity index (χ2n) is 4.92. The predicted molar refractivity (Wildman–Crippen MR) is 80.0 cm³/mol. The number of sulfone groups is 1. The normalized spacial score (nSPS) is 17.9. The van der Waals surface area contributed by atoms with Crippen molar-refractivity contribution in [2.75, 3.05) is 29.5 Å². The standard InChI is InChI=1S/C13H14FN3O2S2/c14-11-3-1-10(2-4-11)9-12-15-16-13(20-12)17-5-7-21(18,19)8-6-17/h1-4H,5-9H2. The minimum absolute atomic E-state index is 0.167. The van der Waals surface area contributed by atoms with Crippen molar-refractivity contribution >= 4 is 26.3 Å². The molecule has 1 aromatic heterocycles. The molecule has 0 saturated carbocycles. The summed E-state index contributed by atoms with van der Waals surface area (Å²) in [5, 5.41) is 9.85. The third-order valence-electron chi connectivity index (χ3n) is 3.34. The SMILES string of the molecule is O=S1(=O)CCN(c2nnc(Cc3ccc(F)cc3)s2)CC1. The maximum atomic E-state index is 12.9. The van der Waals surface area contributed by atoms with Crippen LogP contribution in [0.5, 0.6) is 0 Å². The van der Waals surface area contributed by atoms with Gasteiger partial charge in [0.2, 0.25) is 5.13 Å². The molecule has 1 aliphatic rings. The van der Waals surface area contributed by atoms with Gasteiger partial charge in [-0.25, -0.2) is 12.8 Å². The monoisotopic (exact) mass is 327 g/mol. The first-order valence-electron chi connectivity index (χ1n) is 6.54. The molecule has 1 aliphatic heterocycles. The van der Waals surface area contributed by atoms with Gasteiger partial charge < -0.3 is 4.90 Å². The number of anilines is 1. The molecule has 8 heteroatoms. The molecule has 0 N–H and O–H groups in total.